The van der Waals surface area contributed by atoms with Gasteiger partial charge in [-0.25, -0.2) is 19.0 Å². The molecule has 0 amide bonds. The first kappa shape index (κ1) is 18.6. The van der Waals surface area contributed by atoms with Crippen LogP contribution in [0, 0.1) is 0 Å². The topological polar surface area (TPSA) is 94.9 Å². The number of rotatable bonds is 6. The maximum Gasteiger partial charge on any atom is 0.258 e. The van der Waals surface area contributed by atoms with Gasteiger partial charge >= 0.3 is 0 Å². The Morgan fingerprint density at radius 1 is 1.14 bits per heavy atom. The summed E-state index contributed by atoms with van der Waals surface area (Å²) in [4.78, 5) is 24.2. The van der Waals surface area contributed by atoms with Crippen LogP contribution in [0.25, 0.3) is 16.7 Å². The number of halogens is 1. The molecule has 0 aliphatic heterocycles. The lowest BCUT2D eigenvalue weighted by Gasteiger charge is -2.09. The predicted octanol–water partition coefficient (Wildman–Crippen LogP) is 2.58. The lowest BCUT2D eigenvalue weighted by molar-refractivity contribution is 0.355. The van der Waals surface area contributed by atoms with Crippen molar-refractivity contribution in [3.8, 4) is 17.3 Å². The molecule has 0 saturated heterocycles. The lowest BCUT2D eigenvalue weighted by Crippen LogP contribution is -2.13. The van der Waals surface area contributed by atoms with Crippen LogP contribution in [0.15, 0.2) is 47.5 Å². The Kier molecular flexibility index (Phi) is 4.94. The fraction of sp³-hybridized carbons (Fsp3) is 0.200. The number of ether oxygens (including phenoxy) is 2. The standard InChI is InChI=1S/C20H18FN5O3/c1-28-16-8-14-15(9-17(16)29-2)23-18(24-20(14)27)7-12-3-4-19(22-11-12)26-6-5-13(10-21)25-26/h3-6,8-9,11H,7,10H2,1-2H3,(H,23,24,27). The molecule has 0 radical (unpaired) electrons. The summed E-state index contributed by atoms with van der Waals surface area (Å²) in [5, 5.41) is 4.50. The minimum atomic E-state index is -0.622. The number of methoxy groups -OCH3 is 2. The monoisotopic (exact) mass is 395 g/mol. The zero-order valence-corrected chi connectivity index (χ0v) is 15.8. The first-order valence-corrected chi connectivity index (χ1v) is 8.82. The zero-order valence-electron chi connectivity index (χ0n) is 15.8. The Labute approximate surface area is 165 Å². The van der Waals surface area contributed by atoms with E-state index in [1.54, 1.807) is 36.7 Å². The third kappa shape index (κ3) is 3.66. The minimum absolute atomic E-state index is 0.258. The molecule has 0 spiro atoms. The van der Waals surface area contributed by atoms with Crippen molar-refractivity contribution in [3.05, 3.63) is 70.2 Å². The first-order valence-electron chi connectivity index (χ1n) is 8.82. The highest BCUT2D eigenvalue weighted by atomic mass is 19.1. The van der Waals surface area contributed by atoms with Crippen molar-refractivity contribution >= 4 is 10.9 Å². The molecule has 1 N–H and O–H groups in total. The largest absolute Gasteiger partial charge is 0.493 e. The number of H-pyrrole nitrogens is 1. The van der Waals surface area contributed by atoms with Gasteiger partial charge in [0.1, 0.15) is 12.5 Å². The number of alkyl halides is 1. The van der Waals surface area contributed by atoms with E-state index in [0.29, 0.717) is 46.2 Å². The Hall–Kier alpha value is -3.75. The summed E-state index contributed by atoms with van der Waals surface area (Å²) in [6.45, 7) is -0.622. The molecule has 0 unspecified atom stereocenters. The molecule has 8 nitrogen and oxygen atoms in total. The lowest BCUT2D eigenvalue weighted by atomic mass is 10.1. The second-order valence-corrected chi connectivity index (χ2v) is 6.32. The molecule has 3 aromatic heterocycles. The molecule has 1 aromatic carbocycles. The molecule has 0 atom stereocenters. The number of nitrogens with one attached hydrogen (secondary N) is 1. The van der Waals surface area contributed by atoms with Gasteiger partial charge in [-0.3, -0.25) is 4.79 Å². The van der Waals surface area contributed by atoms with E-state index in [0.717, 1.165) is 5.56 Å². The number of aromatic nitrogens is 5. The van der Waals surface area contributed by atoms with Crippen LogP contribution in [0.5, 0.6) is 11.5 Å². The smallest absolute Gasteiger partial charge is 0.258 e. The van der Waals surface area contributed by atoms with Crippen LogP contribution in [-0.4, -0.2) is 39.0 Å². The van der Waals surface area contributed by atoms with Gasteiger partial charge in [-0.15, -0.1) is 0 Å². The Morgan fingerprint density at radius 3 is 2.59 bits per heavy atom. The summed E-state index contributed by atoms with van der Waals surface area (Å²) < 4.78 is 24.7. The van der Waals surface area contributed by atoms with Crippen molar-refractivity contribution in [3.63, 3.8) is 0 Å². The van der Waals surface area contributed by atoms with Crippen molar-refractivity contribution < 1.29 is 13.9 Å². The third-order valence-corrected chi connectivity index (χ3v) is 4.46. The molecule has 0 saturated carbocycles. The number of hydrogen-bond acceptors (Lipinski definition) is 6. The molecule has 0 fully saturated rings. The molecular formula is C20H18FN5O3. The SMILES string of the molecule is COc1cc2nc(Cc3ccc(-n4ccc(CF)n4)nc3)[nH]c(=O)c2cc1OC. The average molecular weight is 395 g/mol. The molecule has 29 heavy (non-hydrogen) atoms. The highest BCUT2D eigenvalue weighted by Crippen LogP contribution is 2.30. The van der Waals surface area contributed by atoms with Crippen LogP contribution >= 0.6 is 0 Å². The van der Waals surface area contributed by atoms with Crippen molar-refractivity contribution in [2.24, 2.45) is 0 Å². The second-order valence-electron chi connectivity index (χ2n) is 6.32. The fourth-order valence-corrected chi connectivity index (χ4v) is 3.01. The van der Waals surface area contributed by atoms with Crippen LogP contribution < -0.4 is 15.0 Å². The van der Waals surface area contributed by atoms with Gasteiger partial charge in [-0.2, -0.15) is 5.10 Å². The number of aromatic amines is 1. The quantitative estimate of drug-likeness (QED) is 0.539. The van der Waals surface area contributed by atoms with Crippen molar-refractivity contribution in [1.82, 2.24) is 24.7 Å². The Bertz CT molecular complexity index is 1220. The molecule has 0 aliphatic carbocycles. The molecule has 9 heteroatoms. The summed E-state index contributed by atoms with van der Waals surface area (Å²) >= 11 is 0. The molecule has 3 heterocycles. The minimum Gasteiger partial charge on any atom is -0.493 e. The van der Waals surface area contributed by atoms with E-state index in [1.165, 1.54) is 18.9 Å². The highest BCUT2D eigenvalue weighted by molar-refractivity contribution is 5.81. The summed E-state index contributed by atoms with van der Waals surface area (Å²) in [6, 6.07) is 8.52. The van der Waals surface area contributed by atoms with Gasteiger partial charge in [-0.1, -0.05) is 6.07 Å². The van der Waals surface area contributed by atoms with E-state index < -0.39 is 6.67 Å². The van der Waals surface area contributed by atoms with Gasteiger partial charge < -0.3 is 14.5 Å². The van der Waals surface area contributed by atoms with Crippen molar-refractivity contribution in [2.75, 3.05) is 14.2 Å². The first-order chi connectivity index (χ1) is 14.1. The van der Waals surface area contributed by atoms with Crippen molar-refractivity contribution in [1.29, 1.82) is 0 Å². The van der Waals surface area contributed by atoms with Gasteiger partial charge in [0, 0.05) is 24.9 Å². The van der Waals surface area contributed by atoms with Gasteiger partial charge in [0.15, 0.2) is 17.3 Å². The number of benzene rings is 1. The van der Waals surface area contributed by atoms with E-state index in [4.69, 9.17) is 9.47 Å². The van der Waals surface area contributed by atoms with Gasteiger partial charge in [-0.05, 0) is 23.8 Å². The van der Waals surface area contributed by atoms with Crippen LogP contribution in [0.3, 0.4) is 0 Å². The summed E-state index contributed by atoms with van der Waals surface area (Å²) in [6.07, 6.45) is 3.72. The maximum absolute atomic E-state index is 12.6. The number of pyridine rings is 1. The highest BCUT2D eigenvalue weighted by Gasteiger charge is 2.11. The van der Waals surface area contributed by atoms with E-state index in [-0.39, 0.29) is 5.56 Å². The van der Waals surface area contributed by atoms with E-state index >= 15 is 0 Å². The molecule has 4 rings (SSSR count). The average Bonchev–Trinajstić information content (AvgIpc) is 3.23. The maximum atomic E-state index is 12.6. The van der Waals surface area contributed by atoms with Crippen LogP contribution in [0.4, 0.5) is 4.39 Å². The third-order valence-electron chi connectivity index (χ3n) is 4.46. The zero-order chi connectivity index (χ0) is 20.4. The molecule has 4 aromatic rings. The predicted molar refractivity (Wildman–Crippen MR) is 104 cm³/mol. The van der Waals surface area contributed by atoms with E-state index in [9.17, 15) is 9.18 Å². The summed E-state index contributed by atoms with van der Waals surface area (Å²) in [5.41, 5.74) is 1.46. The molecule has 148 valence electrons. The van der Waals surface area contributed by atoms with Crippen LogP contribution in [-0.2, 0) is 13.1 Å². The number of fused-ring (bicyclic) bond motifs is 1. The van der Waals surface area contributed by atoms with Gasteiger partial charge in [0.25, 0.3) is 5.56 Å². The van der Waals surface area contributed by atoms with Crippen LogP contribution in [0.2, 0.25) is 0 Å². The van der Waals surface area contributed by atoms with Crippen molar-refractivity contribution in [2.45, 2.75) is 13.1 Å². The van der Waals surface area contributed by atoms with Gasteiger partial charge in [0.2, 0.25) is 0 Å². The summed E-state index contributed by atoms with van der Waals surface area (Å²) in [5.74, 6) is 2.05. The van der Waals surface area contributed by atoms with Crippen LogP contribution in [0.1, 0.15) is 17.1 Å². The Morgan fingerprint density at radius 2 is 1.93 bits per heavy atom. The molecule has 0 bridgehead atoms. The molecule has 0 aliphatic rings. The number of hydrogen-bond donors (Lipinski definition) is 1. The van der Waals surface area contributed by atoms with Gasteiger partial charge in [0.05, 0.1) is 30.8 Å². The normalized spacial score (nSPS) is 11.0. The number of nitrogens with zero attached hydrogens (tertiary/aromatic N) is 4. The second kappa shape index (κ2) is 7.70. The van der Waals surface area contributed by atoms with E-state index in [2.05, 4.69) is 20.1 Å². The summed E-state index contributed by atoms with van der Waals surface area (Å²) in [7, 11) is 3.04. The molecular weight excluding hydrogens is 377 g/mol. The van der Waals surface area contributed by atoms with E-state index in [1.807, 2.05) is 6.07 Å². The fourth-order valence-electron chi connectivity index (χ4n) is 3.01. The Balaban J connectivity index is 1.62.